The van der Waals surface area contributed by atoms with Gasteiger partial charge in [0.1, 0.15) is 6.10 Å². The molecule has 0 bridgehead atoms. The summed E-state index contributed by atoms with van der Waals surface area (Å²) in [5.74, 6) is 0. The van der Waals surface area contributed by atoms with Crippen LogP contribution in [0.3, 0.4) is 0 Å². The fourth-order valence-corrected chi connectivity index (χ4v) is 2.07. The van der Waals surface area contributed by atoms with E-state index in [4.69, 9.17) is 0 Å². The van der Waals surface area contributed by atoms with Gasteiger partial charge in [-0.15, -0.1) is 5.10 Å². The number of aliphatic hydroxyl groups excluding tert-OH is 1. The van der Waals surface area contributed by atoms with Crippen molar-refractivity contribution in [1.29, 1.82) is 0 Å². The number of halogens is 1. The molecule has 1 aromatic heterocycles. The van der Waals surface area contributed by atoms with Gasteiger partial charge in [-0.1, -0.05) is 39.3 Å². The Morgan fingerprint density at radius 3 is 2.81 bits per heavy atom. The summed E-state index contributed by atoms with van der Waals surface area (Å²) in [5, 5.41) is 17.8. The van der Waals surface area contributed by atoms with E-state index in [2.05, 4.69) is 26.2 Å². The summed E-state index contributed by atoms with van der Waals surface area (Å²) in [4.78, 5) is 0. The zero-order chi connectivity index (χ0) is 11.7. The van der Waals surface area contributed by atoms with Gasteiger partial charge in [0.25, 0.3) is 0 Å². The van der Waals surface area contributed by atoms with Crippen LogP contribution in [-0.2, 0) is 7.05 Å². The molecule has 16 heavy (non-hydrogen) atoms. The van der Waals surface area contributed by atoms with Crippen LogP contribution in [0.4, 0.5) is 0 Å². The predicted octanol–water partition coefficient (Wildman–Crippen LogP) is 1.97. The molecule has 0 saturated heterocycles. The fraction of sp³-hybridized carbons (Fsp3) is 0.273. The molecule has 4 nitrogen and oxygen atoms in total. The number of rotatable bonds is 2. The van der Waals surface area contributed by atoms with Gasteiger partial charge >= 0.3 is 0 Å². The third-order valence-corrected chi connectivity index (χ3v) is 3.63. The van der Waals surface area contributed by atoms with Crippen molar-refractivity contribution >= 4 is 15.9 Å². The van der Waals surface area contributed by atoms with E-state index in [0.717, 1.165) is 15.6 Å². The number of aromatic nitrogens is 3. The number of aryl methyl sites for hydroxylation is 2. The fourth-order valence-electron chi connectivity index (χ4n) is 1.59. The zero-order valence-corrected chi connectivity index (χ0v) is 10.6. The van der Waals surface area contributed by atoms with Crippen LogP contribution in [0.25, 0.3) is 0 Å². The van der Waals surface area contributed by atoms with Crippen LogP contribution in [0, 0.1) is 6.92 Å². The van der Waals surface area contributed by atoms with E-state index in [-0.39, 0.29) is 0 Å². The molecule has 0 fully saturated rings. The maximum atomic E-state index is 10.2. The van der Waals surface area contributed by atoms with Crippen LogP contribution in [-0.4, -0.2) is 20.1 Å². The Morgan fingerprint density at radius 2 is 2.19 bits per heavy atom. The maximum absolute atomic E-state index is 10.2. The molecule has 0 spiro atoms. The lowest BCUT2D eigenvalue weighted by Crippen LogP contribution is -2.07. The molecule has 0 aliphatic carbocycles. The minimum absolute atomic E-state index is 0.673. The first-order chi connectivity index (χ1) is 7.61. The third kappa shape index (κ3) is 1.88. The van der Waals surface area contributed by atoms with Gasteiger partial charge in [0.2, 0.25) is 0 Å². The van der Waals surface area contributed by atoms with Crippen LogP contribution in [0.2, 0.25) is 0 Å². The number of hydrogen-bond acceptors (Lipinski definition) is 3. The summed E-state index contributed by atoms with van der Waals surface area (Å²) in [5.41, 5.74) is 2.59. The van der Waals surface area contributed by atoms with Crippen molar-refractivity contribution in [1.82, 2.24) is 15.0 Å². The highest BCUT2D eigenvalue weighted by atomic mass is 79.9. The largest absolute Gasteiger partial charge is 0.382 e. The van der Waals surface area contributed by atoms with E-state index in [1.807, 2.05) is 25.1 Å². The SMILES string of the molecule is Cc1cccc(C(O)c2cnnn2C)c1Br. The van der Waals surface area contributed by atoms with Gasteiger partial charge in [0.05, 0.1) is 11.9 Å². The van der Waals surface area contributed by atoms with Crippen LogP contribution in [0.1, 0.15) is 22.9 Å². The van der Waals surface area contributed by atoms with Gasteiger partial charge in [0, 0.05) is 17.1 Å². The first-order valence-corrected chi connectivity index (χ1v) is 5.68. The number of aliphatic hydroxyl groups is 1. The Hall–Kier alpha value is -1.20. The van der Waals surface area contributed by atoms with Gasteiger partial charge in [-0.25, -0.2) is 4.68 Å². The lowest BCUT2D eigenvalue weighted by atomic mass is 10.0. The summed E-state index contributed by atoms with van der Waals surface area (Å²) in [6.45, 7) is 1.99. The summed E-state index contributed by atoms with van der Waals surface area (Å²) in [6, 6.07) is 5.79. The topological polar surface area (TPSA) is 50.9 Å². The predicted molar refractivity (Wildman–Crippen MR) is 63.9 cm³/mol. The first kappa shape index (κ1) is 11.3. The van der Waals surface area contributed by atoms with Crippen molar-refractivity contribution in [3.63, 3.8) is 0 Å². The standard InChI is InChI=1S/C11H12BrN3O/c1-7-4-3-5-8(10(7)12)11(16)9-6-13-14-15(9)2/h3-6,11,16H,1-2H3. The molecular formula is C11H12BrN3O. The summed E-state index contributed by atoms with van der Waals surface area (Å²) in [7, 11) is 1.76. The van der Waals surface area contributed by atoms with Crippen LogP contribution < -0.4 is 0 Å². The Labute approximate surface area is 102 Å². The monoisotopic (exact) mass is 281 g/mol. The molecule has 1 N–H and O–H groups in total. The van der Waals surface area contributed by atoms with E-state index in [1.54, 1.807) is 17.9 Å². The Balaban J connectivity index is 2.46. The quantitative estimate of drug-likeness (QED) is 0.916. The van der Waals surface area contributed by atoms with Crippen molar-refractivity contribution in [2.24, 2.45) is 7.05 Å². The van der Waals surface area contributed by atoms with Gasteiger partial charge in [-0.05, 0) is 12.5 Å². The molecule has 0 aliphatic rings. The van der Waals surface area contributed by atoms with Crippen molar-refractivity contribution in [2.75, 3.05) is 0 Å². The number of nitrogens with zero attached hydrogens (tertiary/aromatic N) is 3. The molecule has 1 heterocycles. The molecule has 2 rings (SSSR count). The van der Waals surface area contributed by atoms with Crippen LogP contribution in [0.5, 0.6) is 0 Å². The molecule has 84 valence electrons. The van der Waals surface area contributed by atoms with Gasteiger partial charge in [0.15, 0.2) is 0 Å². The highest BCUT2D eigenvalue weighted by molar-refractivity contribution is 9.10. The average molecular weight is 282 g/mol. The highest BCUT2D eigenvalue weighted by Gasteiger charge is 2.17. The number of hydrogen-bond donors (Lipinski definition) is 1. The number of benzene rings is 1. The van der Waals surface area contributed by atoms with Crippen molar-refractivity contribution in [2.45, 2.75) is 13.0 Å². The van der Waals surface area contributed by atoms with E-state index in [0.29, 0.717) is 5.69 Å². The Kier molecular flexibility index (Phi) is 3.07. The summed E-state index contributed by atoms with van der Waals surface area (Å²) < 4.78 is 2.49. The maximum Gasteiger partial charge on any atom is 0.123 e. The second-order valence-electron chi connectivity index (χ2n) is 3.66. The van der Waals surface area contributed by atoms with Gasteiger partial charge in [-0.2, -0.15) is 0 Å². The molecular weight excluding hydrogens is 270 g/mol. The Bertz CT molecular complexity index is 510. The van der Waals surface area contributed by atoms with Crippen LogP contribution in [0.15, 0.2) is 28.9 Å². The molecule has 1 unspecified atom stereocenters. The van der Waals surface area contributed by atoms with Crippen molar-refractivity contribution < 1.29 is 5.11 Å². The Morgan fingerprint density at radius 1 is 1.44 bits per heavy atom. The van der Waals surface area contributed by atoms with Crippen molar-refractivity contribution in [3.8, 4) is 0 Å². The molecule has 0 radical (unpaired) electrons. The summed E-state index contributed by atoms with van der Waals surface area (Å²) in [6.07, 6.45) is 0.855. The van der Waals surface area contributed by atoms with E-state index >= 15 is 0 Å². The minimum Gasteiger partial charge on any atom is -0.382 e. The smallest absolute Gasteiger partial charge is 0.123 e. The van der Waals surface area contributed by atoms with E-state index in [1.165, 1.54) is 0 Å². The minimum atomic E-state index is -0.714. The molecule has 2 aromatic rings. The lowest BCUT2D eigenvalue weighted by Gasteiger charge is -2.13. The normalized spacial score (nSPS) is 12.8. The second-order valence-corrected chi connectivity index (χ2v) is 4.46. The van der Waals surface area contributed by atoms with Gasteiger partial charge in [-0.3, -0.25) is 0 Å². The molecule has 1 aromatic carbocycles. The van der Waals surface area contributed by atoms with E-state index < -0.39 is 6.10 Å². The lowest BCUT2D eigenvalue weighted by molar-refractivity contribution is 0.209. The highest BCUT2D eigenvalue weighted by Crippen LogP contribution is 2.29. The molecule has 0 saturated carbocycles. The molecule has 0 aliphatic heterocycles. The average Bonchev–Trinajstić information content (AvgIpc) is 2.68. The van der Waals surface area contributed by atoms with Crippen LogP contribution >= 0.6 is 15.9 Å². The summed E-state index contributed by atoms with van der Waals surface area (Å²) >= 11 is 3.48. The first-order valence-electron chi connectivity index (χ1n) is 4.89. The van der Waals surface area contributed by atoms with E-state index in [9.17, 15) is 5.11 Å². The molecule has 5 heteroatoms. The molecule has 1 atom stereocenters. The van der Waals surface area contributed by atoms with Gasteiger partial charge < -0.3 is 5.11 Å². The second kappa shape index (κ2) is 4.35. The third-order valence-electron chi connectivity index (χ3n) is 2.55. The zero-order valence-electron chi connectivity index (χ0n) is 9.05. The van der Waals surface area contributed by atoms with Crippen molar-refractivity contribution in [3.05, 3.63) is 45.7 Å². The molecule has 0 amide bonds.